The van der Waals surface area contributed by atoms with E-state index in [0.717, 1.165) is 23.5 Å². The lowest BCUT2D eigenvalue weighted by Gasteiger charge is -2.15. The zero-order valence-corrected chi connectivity index (χ0v) is 11.4. The summed E-state index contributed by atoms with van der Waals surface area (Å²) in [4.78, 5) is 4.62. The number of hydrogen-bond donors (Lipinski definition) is 1. The molecule has 1 atom stereocenters. The monoisotopic (exact) mass is 244 g/mol. The summed E-state index contributed by atoms with van der Waals surface area (Å²) < 4.78 is 1.93. The molecular formula is C14H20N4. The molecule has 0 aliphatic carbocycles. The number of nitrogens with zero attached hydrogens (tertiary/aromatic N) is 3. The Bertz CT molecular complexity index is 510. The fraction of sp³-hybridized carbons (Fsp3) is 0.429. The Morgan fingerprint density at radius 1 is 1.33 bits per heavy atom. The molecule has 0 aromatic carbocycles. The Hall–Kier alpha value is -1.68. The Morgan fingerprint density at radius 3 is 2.67 bits per heavy atom. The van der Waals surface area contributed by atoms with E-state index in [-0.39, 0.29) is 6.04 Å². The second-order valence-corrected chi connectivity index (χ2v) is 4.56. The van der Waals surface area contributed by atoms with Gasteiger partial charge in [0.1, 0.15) is 0 Å². The average Bonchev–Trinajstić information content (AvgIpc) is 2.77. The van der Waals surface area contributed by atoms with Crippen molar-refractivity contribution in [3.63, 3.8) is 0 Å². The van der Waals surface area contributed by atoms with Crippen molar-refractivity contribution in [2.24, 2.45) is 0 Å². The number of hydrogen-bond acceptors (Lipinski definition) is 3. The fourth-order valence-electron chi connectivity index (χ4n) is 2.21. The van der Waals surface area contributed by atoms with E-state index in [2.05, 4.69) is 47.6 Å². The zero-order chi connectivity index (χ0) is 13.1. The van der Waals surface area contributed by atoms with E-state index in [1.807, 2.05) is 24.9 Å². The van der Waals surface area contributed by atoms with E-state index in [1.54, 1.807) is 0 Å². The first-order valence-electron chi connectivity index (χ1n) is 6.29. The molecule has 0 aliphatic rings. The zero-order valence-electron chi connectivity index (χ0n) is 11.4. The molecule has 0 saturated carbocycles. The molecule has 4 heteroatoms. The maximum absolute atomic E-state index is 4.62. The van der Waals surface area contributed by atoms with Gasteiger partial charge in [-0.15, -0.1) is 0 Å². The average molecular weight is 244 g/mol. The highest BCUT2D eigenvalue weighted by atomic mass is 15.3. The summed E-state index contributed by atoms with van der Waals surface area (Å²) in [5.41, 5.74) is 4.48. The molecule has 0 fully saturated rings. The van der Waals surface area contributed by atoms with Crippen molar-refractivity contribution in [3.8, 4) is 0 Å². The first-order valence-corrected chi connectivity index (χ1v) is 6.29. The van der Waals surface area contributed by atoms with Gasteiger partial charge in [-0.3, -0.25) is 9.67 Å². The third kappa shape index (κ3) is 2.59. The van der Waals surface area contributed by atoms with Gasteiger partial charge >= 0.3 is 0 Å². The molecule has 1 N–H and O–H groups in total. The van der Waals surface area contributed by atoms with Crippen LogP contribution in [0.15, 0.2) is 24.5 Å². The Morgan fingerprint density at radius 2 is 2.11 bits per heavy atom. The van der Waals surface area contributed by atoms with Crippen LogP contribution >= 0.6 is 0 Å². The van der Waals surface area contributed by atoms with Crippen LogP contribution in [0.2, 0.25) is 0 Å². The van der Waals surface area contributed by atoms with E-state index in [4.69, 9.17) is 0 Å². The summed E-state index contributed by atoms with van der Waals surface area (Å²) in [5.74, 6) is 0. The van der Waals surface area contributed by atoms with Gasteiger partial charge < -0.3 is 5.32 Å². The van der Waals surface area contributed by atoms with Gasteiger partial charge in [0.15, 0.2) is 0 Å². The van der Waals surface area contributed by atoms with Gasteiger partial charge in [0.25, 0.3) is 0 Å². The van der Waals surface area contributed by atoms with Crippen LogP contribution in [-0.4, -0.2) is 21.8 Å². The van der Waals surface area contributed by atoms with Gasteiger partial charge in [-0.05, 0) is 45.5 Å². The lowest BCUT2D eigenvalue weighted by molar-refractivity contribution is 0.648. The highest BCUT2D eigenvalue weighted by Gasteiger charge is 2.15. The molecule has 2 rings (SSSR count). The molecule has 0 spiro atoms. The Labute approximate surface area is 108 Å². The van der Waals surface area contributed by atoms with E-state index in [0.29, 0.717) is 0 Å². The van der Waals surface area contributed by atoms with Gasteiger partial charge in [-0.1, -0.05) is 0 Å². The minimum atomic E-state index is 0.101. The van der Waals surface area contributed by atoms with Crippen molar-refractivity contribution < 1.29 is 0 Å². The molecule has 0 saturated heterocycles. The highest BCUT2D eigenvalue weighted by molar-refractivity contribution is 5.28. The molecule has 18 heavy (non-hydrogen) atoms. The second kappa shape index (κ2) is 5.31. The summed E-state index contributed by atoms with van der Waals surface area (Å²) in [7, 11) is 1.95. The molecule has 2 heterocycles. The highest BCUT2D eigenvalue weighted by Crippen LogP contribution is 2.20. The summed E-state index contributed by atoms with van der Waals surface area (Å²) in [6, 6.07) is 4.31. The fourth-order valence-corrected chi connectivity index (χ4v) is 2.21. The summed E-state index contributed by atoms with van der Waals surface area (Å²) >= 11 is 0. The van der Waals surface area contributed by atoms with Gasteiger partial charge in [-0.25, -0.2) is 0 Å². The second-order valence-electron chi connectivity index (χ2n) is 4.56. The van der Waals surface area contributed by atoms with E-state index in [1.165, 1.54) is 5.56 Å². The predicted molar refractivity (Wildman–Crippen MR) is 72.5 cm³/mol. The molecule has 2 aromatic rings. The smallest absolute Gasteiger partial charge is 0.0779 e. The summed E-state index contributed by atoms with van der Waals surface area (Å²) in [6.45, 7) is 7.09. The largest absolute Gasteiger partial charge is 0.308 e. The van der Waals surface area contributed by atoms with Crippen molar-refractivity contribution in [3.05, 3.63) is 47.0 Å². The predicted octanol–water partition coefficient (Wildman–Crippen LogP) is 2.22. The van der Waals surface area contributed by atoms with Crippen LogP contribution in [0.1, 0.15) is 35.5 Å². The Kier molecular flexibility index (Phi) is 3.77. The van der Waals surface area contributed by atoms with Crippen LogP contribution < -0.4 is 5.32 Å². The number of aryl methyl sites for hydroxylation is 3. The minimum absolute atomic E-state index is 0.101. The molecular weight excluding hydrogens is 224 g/mol. The van der Waals surface area contributed by atoms with Crippen LogP contribution in [-0.2, 0) is 6.54 Å². The van der Waals surface area contributed by atoms with Crippen molar-refractivity contribution in [1.29, 1.82) is 0 Å². The normalized spacial score (nSPS) is 12.7. The number of nitrogens with one attached hydrogen (secondary N) is 1. The number of rotatable bonds is 4. The first kappa shape index (κ1) is 12.8. The van der Waals surface area contributed by atoms with Crippen LogP contribution in [0.5, 0.6) is 0 Å². The quantitative estimate of drug-likeness (QED) is 0.896. The molecule has 1 unspecified atom stereocenters. The van der Waals surface area contributed by atoms with Crippen LogP contribution in [0, 0.1) is 13.8 Å². The third-order valence-corrected chi connectivity index (χ3v) is 3.01. The van der Waals surface area contributed by atoms with E-state index >= 15 is 0 Å². The van der Waals surface area contributed by atoms with Crippen molar-refractivity contribution in [2.45, 2.75) is 33.4 Å². The summed E-state index contributed by atoms with van der Waals surface area (Å²) in [5, 5.41) is 7.63. The molecule has 0 bridgehead atoms. The standard InChI is InChI=1S/C14H20N4/c1-5-18-9-12(8-16-18)14(15-4)13-7-10(2)6-11(3)17-13/h6-9,14-15H,5H2,1-4H3. The van der Waals surface area contributed by atoms with Crippen LogP contribution in [0.25, 0.3) is 0 Å². The van der Waals surface area contributed by atoms with E-state index < -0.39 is 0 Å². The SMILES string of the molecule is CCn1cc(C(NC)c2cc(C)cc(C)n2)cn1. The minimum Gasteiger partial charge on any atom is -0.308 e. The molecule has 0 radical (unpaired) electrons. The van der Waals surface area contributed by atoms with Crippen molar-refractivity contribution >= 4 is 0 Å². The Balaban J connectivity index is 2.38. The lowest BCUT2D eigenvalue weighted by Crippen LogP contribution is -2.19. The van der Waals surface area contributed by atoms with Crippen molar-refractivity contribution in [1.82, 2.24) is 20.1 Å². The molecule has 0 amide bonds. The third-order valence-electron chi connectivity index (χ3n) is 3.01. The van der Waals surface area contributed by atoms with E-state index in [9.17, 15) is 0 Å². The molecule has 2 aromatic heterocycles. The topological polar surface area (TPSA) is 42.7 Å². The van der Waals surface area contributed by atoms with Gasteiger partial charge in [0, 0.05) is 24.0 Å². The van der Waals surface area contributed by atoms with Crippen LogP contribution in [0.4, 0.5) is 0 Å². The summed E-state index contributed by atoms with van der Waals surface area (Å²) in [6.07, 6.45) is 3.98. The molecule has 96 valence electrons. The maximum Gasteiger partial charge on any atom is 0.0779 e. The van der Waals surface area contributed by atoms with Gasteiger partial charge in [0.05, 0.1) is 17.9 Å². The molecule has 0 aliphatic heterocycles. The first-order chi connectivity index (χ1) is 8.63. The molecule has 4 nitrogen and oxygen atoms in total. The van der Waals surface area contributed by atoms with Crippen LogP contribution in [0.3, 0.4) is 0 Å². The van der Waals surface area contributed by atoms with Gasteiger partial charge in [-0.2, -0.15) is 5.10 Å². The van der Waals surface area contributed by atoms with Crippen molar-refractivity contribution in [2.75, 3.05) is 7.05 Å². The number of pyridine rings is 1. The number of aromatic nitrogens is 3. The maximum atomic E-state index is 4.62. The van der Waals surface area contributed by atoms with Gasteiger partial charge in [0.2, 0.25) is 0 Å². The lowest BCUT2D eigenvalue weighted by atomic mass is 10.1.